The van der Waals surface area contributed by atoms with Crippen molar-refractivity contribution in [1.82, 2.24) is 19.8 Å². The summed E-state index contributed by atoms with van der Waals surface area (Å²) >= 11 is 0. The number of amides is 1. The van der Waals surface area contributed by atoms with Crippen LogP contribution in [0.15, 0.2) is 54.6 Å². The van der Waals surface area contributed by atoms with E-state index in [1.807, 2.05) is 0 Å². The Bertz CT molecular complexity index is 1330. The fourth-order valence-electron chi connectivity index (χ4n) is 2.95. The highest BCUT2D eigenvalue weighted by Crippen LogP contribution is 2.25. The van der Waals surface area contributed by atoms with Crippen LogP contribution in [0.25, 0.3) is 16.9 Å². The first kappa shape index (κ1) is 19.6. The average molecular weight is 419 g/mol. The van der Waals surface area contributed by atoms with Gasteiger partial charge >= 0.3 is 0 Å². The molecule has 0 saturated carbocycles. The Morgan fingerprint density at radius 3 is 2.35 bits per heavy atom. The van der Waals surface area contributed by atoms with E-state index < -0.39 is 27.1 Å². The van der Waals surface area contributed by atoms with Crippen LogP contribution in [0.3, 0.4) is 0 Å². The van der Waals surface area contributed by atoms with Crippen LogP contribution in [0.4, 0.5) is 17.1 Å². The maximum Gasteiger partial charge on any atom is 0.277 e. The standard InChI is InChI=1S/C19H13N7O5/c1-11-21-22-18-6-5-17(23-24(11)18)12-3-2-4-14(7-12)20-19(27)13-8-15(25(28)29)10-16(9-13)26(30)31/h2-10H,1H3,(H,20,27). The summed E-state index contributed by atoms with van der Waals surface area (Å²) in [4.78, 5) is 33.1. The van der Waals surface area contributed by atoms with Crippen molar-refractivity contribution in [3.63, 3.8) is 0 Å². The number of hydrogen-bond donors (Lipinski definition) is 1. The number of benzene rings is 2. The molecule has 31 heavy (non-hydrogen) atoms. The summed E-state index contributed by atoms with van der Waals surface area (Å²) in [7, 11) is 0. The van der Waals surface area contributed by atoms with Crippen LogP contribution < -0.4 is 5.32 Å². The number of rotatable bonds is 5. The highest BCUT2D eigenvalue weighted by atomic mass is 16.6. The first-order chi connectivity index (χ1) is 14.8. The van der Waals surface area contributed by atoms with Gasteiger partial charge in [0.05, 0.1) is 27.2 Å². The number of nitrogens with zero attached hydrogens (tertiary/aromatic N) is 6. The molecule has 0 aliphatic heterocycles. The van der Waals surface area contributed by atoms with E-state index in [1.54, 1.807) is 47.8 Å². The molecule has 2 aromatic carbocycles. The molecular formula is C19H13N7O5. The van der Waals surface area contributed by atoms with Crippen molar-refractivity contribution in [2.24, 2.45) is 0 Å². The monoisotopic (exact) mass is 419 g/mol. The van der Waals surface area contributed by atoms with E-state index in [4.69, 9.17) is 0 Å². The quantitative estimate of drug-likeness (QED) is 0.381. The molecule has 1 N–H and O–H groups in total. The number of nitro groups is 2. The third-order valence-corrected chi connectivity index (χ3v) is 4.42. The fourth-order valence-corrected chi connectivity index (χ4v) is 2.95. The van der Waals surface area contributed by atoms with Crippen LogP contribution in [-0.2, 0) is 0 Å². The molecule has 0 aliphatic carbocycles. The summed E-state index contributed by atoms with van der Waals surface area (Å²) < 4.78 is 1.59. The van der Waals surface area contributed by atoms with E-state index >= 15 is 0 Å². The molecule has 0 atom stereocenters. The normalized spacial score (nSPS) is 10.7. The molecule has 2 aromatic heterocycles. The van der Waals surface area contributed by atoms with E-state index in [9.17, 15) is 25.0 Å². The molecule has 0 fully saturated rings. The predicted molar refractivity (Wildman–Crippen MR) is 109 cm³/mol. The highest BCUT2D eigenvalue weighted by molar-refractivity contribution is 6.05. The Labute approximate surface area is 173 Å². The number of non-ortho nitro benzene ring substituents is 2. The summed E-state index contributed by atoms with van der Waals surface area (Å²) in [5.41, 5.74) is 0.989. The van der Waals surface area contributed by atoms with Gasteiger partial charge in [0, 0.05) is 23.4 Å². The lowest BCUT2D eigenvalue weighted by Crippen LogP contribution is -2.12. The number of hydrogen-bond acceptors (Lipinski definition) is 8. The number of fused-ring (bicyclic) bond motifs is 1. The summed E-state index contributed by atoms with van der Waals surface area (Å²) in [6, 6.07) is 13.1. The van der Waals surface area contributed by atoms with Crippen molar-refractivity contribution in [1.29, 1.82) is 0 Å². The van der Waals surface area contributed by atoms with Crippen LogP contribution in [0.1, 0.15) is 16.2 Å². The van der Waals surface area contributed by atoms with Gasteiger partial charge in [0.1, 0.15) is 0 Å². The number of nitro benzene ring substituents is 2. The summed E-state index contributed by atoms with van der Waals surface area (Å²) in [6.45, 7) is 1.77. The second-order valence-corrected chi connectivity index (χ2v) is 6.52. The lowest BCUT2D eigenvalue weighted by Gasteiger charge is -2.08. The molecule has 154 valence electrons. The second kappa shape index (κ2) is 7.59. The van der Waals surface area contributed by atoms with Gasteiger partial charge in [0.2, 0.25) is 0 Å². The average Bonchev–Trinajstić information content (AvgIpc) is 3.13. The maximum atomic E-state index is 12.6. The van der Waals surface area contributed by atoms with Gasteiger partial charge in [-0.15, -0.1) is 10.2 Å². The topological polar surface area (TPSA) is 158 Å². The molecule has 0 spiro atoms. The Kier molecular flexibility index (Phi) is 4.79. The molecule has 0 radical (unpaired) electrons. The van der Waals surface area contributed by atoms with Crippen LogP contribution in [0.5, 0.6) is 0 Å². The minimum Gasteiger partial charge on any atom is -0.322 e. The number of carbonyl (C=O) groups excluding carboxylic acids is 1. The van der Waals surface area contributed by atoms with Gasteiger partial charge in [-0.1, -0.05) is 12.1 Å². The molecule has 12 nitrogen and oxygen atoms in total. The molecule has 1 amide bonds. The van der Waals surface area contributed by atoms with Crippen LogP contribution in [0, 0.1) is 27.2 Å². The summed E-state index contributed by atoms with van der Waals surface area (Å²) in [5.74, 6) is -0.101. The van der Waals surface area contributed by atoms with E-state index in [1.165, 1.54) is 0 Å². The van der Waals surface area contributed by atoms with Crippen molar-refractivity contribution in [2.75, 3.05) is 5.32 Å². The number of carbonyl (C=O) groups is 1. The van der Waals surface area contributed by atoms with Gasteiger partial charge in [0.15, 0.2) is 11.5 Å². The predicted octanol–water partition coefficient (Wildman–Crippen LogP) is 3.17. The zero-order valence-electron chi connectivity index (χ0n) is 15.9. The Morgan fingerprint density at radius 1 is 0.968 bits per heavy atom. The molecule has 4 aromatic rings. The molecule has 4 rings (SSSR count). The Balaban J connectivity index is 1.64. The third kappa shape index (κ3) is 3.89. The van der Waals surface area contributed by atoms with Crippen molar-refractivity contribution < 1.29 is 14.6 Å². The van der Waals surface area contributed by atoms with Crippen LogP contribution >= 0.6 is 0 Å². The summed E-state index contributed by atoms with van der Waals surface area (Å²) in [6.07, 6.45) is 0. The molecule has 0 aliphatic rings. The lowest BCUT2D eigenvalue weighted by molar-refractivity contribution is -0.394. The fraction of sp³-hybridized carbons (Fsp3) is 0.0526. The van der Waals surface area contributed by atoms with Gasteiger partial charge in [0.25, 0.3) is 17.3 Å². The van der Waals surface area contributed by atoms with E-state index in [0.29, 0.717) is 28.4 Å². The third-order valence-electron chi connectivity index (χ3n) is 4.42. The largest absolute Gasteiger partial charge is 0.322 e. The van der Waals surface area contributed by atoms with Gasteiger partial charge < -0.3 is 5.32 Å². The first-order valence-electron chi connectivity index (χ1n) is 8.86. The molecule has 12 heteroatoms. The molecule has 0 saturated heterocycles. The van der Waals surface area contributed by atoms with Gasteiger partial charge in [-0.05, 0) is 31.2 Å². The molecular weight excluding hydrogens is 406 g/mol. The van der Waals surface area contributed by atoms with Crippen molar-refractivity contribution >= 4 is 28.6 Å². The van der Waals surface area contributed by atoms with Gasteiger partial charge in [-0.25, -0.2) is 0 Å². The molecule has 2 heterocycles. The van der Waals surface area contributed by atoms with Crippen molar-refractivity contribution in [2.45, 2.75) is 6.92 Å². The van der Waals surface area contributed by atoms with Gasteiger partial charge in [-0.2, -0.15) is 9.61 Å². The number of nitrogens with one attached hydrogen (secondary N) is 1. The van der Waals surface area contributed by atoms with Crippen LogP contribution in [0.2, 0.25) is 0 Å². The maximum absolute atomic E-state index is 12.6. The highest BCUT2D eigenvalue weighted by Gasteiger charge is 2.20. The zero-order valence-corrected chi connectivity index (χ0v) is 15.9. The number of anilines is 1. The molecule has 0 unspecified atom stereocenters. The second-order valence-electron chi connectivity index (χ2n) is 6.52. The van der Waals surface area contributed by atoms with E-state index in [2.05, 4.69) is 20.6 Å². The Hall–Kier alpha value is -4.74. The van der Waals surface area contributed by atoms with E-state index in [0.717, 1.165) is 18.2 Å². The van der Waals surface area contributed by atoms with Crippen LogP contribution in [-0.4, -0.2) is 35.6 Å². The van der Waals surface area contributed by atoms with Crippen molar-refractivity contribution in [3.8, 4) is 11.3 Å². The summed E-state index contributed by atoms with van der Waals surface area (Å²) in [5, 5.41) is 37.1. The number of aromatic nitrogens is 4. The SMILES string of the molecule is Cc1nnc2ccc(-c3cccc(NC(=O)c4cc([N+](=O)[O-])cc([N+](=O)[O-])c4)c3)nn12. The van der Waals surface area contributed by atoms with Gasteiger partial charge in [-0.3, -0.25) is 25.0 Å². The first-order valence-corrected chi connectivity index (χ1v) is 8.86. The smallest absolute Gasteiger partial charge is 0.277 e. The number of aryl methyl sites for hydroxylation is 1. The van der Waals surface area contributed by atoms with Crippen molar-refractivity contribution in [3.05, 3.63) is 86.2 Å². The Morgan fingerprint density at radius 2 is 1.68 bits per heavy atom. The minimum absolute atomic E-state index is 0.203. The molecule has 0 bridgehead atoms. The van der Waals surface area contributed by atoms with E-state index in [-0.39, 0.29) is 5.56 Å². The zero-order chi connectivity index (χ0) is 22.1. The lowest BCUT2D eigenvalue weighted by atomic mass is 10.1. The minimum atomic E-state index is -0.792.